The molecule has 0 bridgehead atoms. The van der Waals surface area contributed by atoms with Crippen molar-refractivity contribution in [2.45, 2.75) is 13.5 Å². The van der Waals surface area contributed by atoms with E-state index in [0.717, 1.165) is 0 Å². The quantitative estimate of drug-likeness (QED) is 0.729. The van der Waals surface area contributed by atoms with E-state index in [1.807, 2.05) is 0 Å². The molecule has 0 aliphatic carbocycles. The van der Waals surface area contributed by atoms with E-state index >= 15 is 0 Å². The molecule has 7 nitrogen and oxygen atoms in total. The van der Waals surface area contributed by atoms with Crippen LogP contribution in [0, 0.1) is 12.9 Å². The van der Waals surface area contributed by atoms with Crippen LogP contribution >= 0.6 is 0 Å². The summed E-state index contributed by atoms with van der Waals surface area (Å²) in [4.78, 5) is 21.5. The molecule has 1 amide bonds. The van der Waals surface area contributed by atoms with Gasteiger partial charge in [0.2, 0.25) is 12.3 Å². The van der Waals surface area contributed by atoms with Gasteiger partial charge >= 0.3 is 0 Å². The predicted molar refractivity (Wildman–Crippen MR) is 70.0 cm³/mol. The molecule has 0 saturated carbocycles. The Morgan fingerprint density at radius 2 is 2.29 bits per heavy atom. The minimum absolute atomic E-state index is 0.113. The fraction of sp³-hybridized carbons (Fsp3) is 0.231. The number of nitrogens with zero attached hydrogens (tertiary/aromatic N) is 5. The van der Waals surface area contributed by atoms with Crippen LogP contribution in [0.1, 0.15) is 22.0 Å². The molecule has 0 spiro atoms. The zero-order valence-electron chi connectivity index (χ0n) is 11.4. The fourth-order valence-corrected chi connectivity index (χ4v) is 2.08. The van der Waals surface area contributed by atoms with Gasteiger partial charge in [0.15, 0.2) is 11.5 Å². The lowest BCUT2D eigenvalue weighted by Crippen LogP contribution is -2.27. The van der Waals surface area contributed by atoms with E-state index < -0.39 is 11.9 Å². The van der Waals surface area contributed by atoms with Crippen molar-refractivity contribution in [2.24, 2.45) is 0 Å². The van der Waals surface area contributed by atoms with Crippen molar-refractivity contribution in [2.75, 3.05) is 7.05 Å². The molecule has 0 unspecified atom stereocenters. The fourth-order valence-electron chi connectivity index (χ4n) is 2.08. The summed E-state index contributed by atoms with van der Waals surface area (Å²) >= 11 is 0. The molecule has 0 aliphatic heterocycles. The van der Waals surface area contributed by atoms with Crippen LogP contribution in [-0.4, -0.2) is 37.4 Å². The summed E-state index contributed by atoms with van der Waals surface area (Å²) in [5.74, 6) is -0.875. The van der Waals surface area contributed by atoms with Gasteiger partial charge in [0.25, 0.3) is 5.91 Å². The van der Waals surface area contributed by atoms with Gasteiger partial charge in [-0.15, -0.1) is 0 Å². The lowest BCUT2D eigenvalue weighted by atomic mass is 10.3. The highest BCUT2D eigenvalue weighted by Gasteiger charge is 2.23. The van der Waals surface area contributed by atoms with Gasteiger partial charge < -0.3 is 9.42 Å². The Hall–Kier alpha value is -2.77. The molecule has 108 valence electrons. The third-order valence-electron chi connectivity index (χ3n) is 3.12. The molecule has 0 atom stereocenters. The van der Waals surface area contributed by atoms with Gasteiger partial charge in [0, 0.05) is 12.7 Å². The van der Waals surface area contributed by atoms with Crippen molar-refractivity contribution in [1.29, 1.82) is 0 Å². The number of aromatic nitrogens is 4. The summed E-state index contributed by atoms with van der Waals surface area (Å²) in [6.07, 6.45) is 1.17. The second-order valence-electron chi connectivity index (χ2n) is 4.62. The van der Waals surface area contributed by atoms with Crippen LogP contribution in [0.5, 0.6) is 0 Å². The smallest absolute Gasteiger partial charge is 0.277 e. The van der Waals surface area contributed by atoms with Gasteiger partial charge in [-0.25, -0.2) is 4.98 Å². The molecule has 3 rings (SSSR count). The molecule has 0 fully saturated rings. The van der Waals surface area contributed by atoms with Gasteiger partial charge in [-0.2, -0.15) is 9.37 Å². The van der Waals surface area contributed by atoms with E-state index in [4.69, 9.17) is 0 Å². The van der Waals surface area contributed by atoms with Crippen LogP contribution in [0.25, 0.3) is 5.65 Å². The molecule has 8 heteroatoms. The second kappa shape index (κ2) is 4.97. The van der Waals surface area contributed by atoms with Gasteiger partial charge in [0.1, 0.15) is 5.65 Å². The largest absolute Gasteiger partial charge is 0.343 e. The third-order valence-corrected chi connectivity index (χ3v) is 3.12. The number of amides is 1. The summed E-state index contributed by atoms with van der Waals surface area (Å²) in [5.41, 5.74) is 0.830. The number of hydrogen-bond donors (Lipinski definition) is 0. The molecule has 3 aromatic rings. The molecule has 3 heterocycles. The summed E-state index contributed by atoms with van der Waals surface area (Å²) in [6.45, 7) is 1.86. The monoisotopic (exact) mass is 289 g/mol. The first-order chi connectivity index (χ1) is 10.1. The number of fused-ring (bicyclic) bond motifs is 1. The van der Waals surface area contributed by atoms with E-state index in [2.05, 4.69) is 19.6 Å². The number of carbonyl (C=O) groups excluding carboxylic acids is 1. The number of pyridine rings is 1. The second-order valence-corrected chi connectivity index (χ2v) is 4.62. The Kier molecular flexibility index (Phi) is 3.13. The first kappa shape index (κ1) is 13.2. The topological polar surface area (TPSA) is 76.5 Å². The van der Waals surface area contributed by atoms with Crippen molar-refractivity contribution >= 4 is 11.6 Å². The van der Waals surface area contributed by atoms with Crippen molar-refractivity contribution < 1.29 is 13.7 Å². The summed E-state index contributed by atoms with van der Waals surface area (Å²) in [7, 11) is 1.52. The Morgan fingerprint density at radius 1 is 1.48 bits per heavy atom. The van der Waals surface area contributed by atoms with Crippen molar-refractivity contribution in [1.82, 2.24) is 24.4 Å². The average molecular weight is 289 g/mol. The van der Waals surface area contributed by atoms with E-state index in [1.54, 1.807) is 25.1 Å². The van der Waals surface area contributed by atoms with Crippen molar-refractivity contribution in [3.8, 4) is 0 Å². The maximum Gasteiger partial charge on any atom is 0.277 e. The van der Waals surface area contributed by atoms with E-state index in [1.165, 1.54) is 22.7 Å². The Labute approximate surface area is 119 Å². The highest BCUT2D eigenvalue weighted by atomic mass is 19.1. The molecular formula is C13H12FN5O2. The molecule has 0 radical (unpaired) electrons. The average Bonchev–Trinajstić information content (AvgIpc) is 3.07. The molecule has 0 N–H and O–H groups in total. The molecule has 0 aromatic carbocycles. The molecule has 0 aliphatic rings. The predicted octanol–water partition coefficient (Wildman–Crippen LogP) is 1.44. The van der Waals surface area contributed by atoms with Crippen LogP contribution < -0.4 is 0 Å². The number of carbonyl (C=O) groups is 1. The Balaban J connectivity index is 1.94. The van der Waals surface area contributed by atoms with Gasteiger partial charge in [0.05, 0.1) is 6.54 Å². The van der Waals surface area contributed by atoms with E-state index in [9.17, 15) is 9.18 Å². The first-order valence-electron chi connectivity index (χ1n) is 6.22. The Morgan fingerprint density at radius 3 is 2.95 bits per heavy atom. The lowest BCUT2D eigenvalue weighted by Gasteiger charge is -2.13. The molecule has 0 saturated heterocycles. The highest BCUT2D eigenvalue weighted by Crippen LogP contribution is 2.15. The highest BCUT2D eigenvalue weighted by molar-refractivity contribution is 5.93. The summed E-state index contributed by atoms with van der Waals surface area (Å²) in [6, 6.07) is 5.15. The van der Waals surface area contributed by atoms with Crippen LogP contribution in [0.4, 0.5) is 4.39 Å². The molecule has 3 aromatic heterocycles. The van der Waals surface area contributed by atoms with Crippen LogP contribution in [0.3, 0.4) is 0 Å². The van der Waals surface area contributed by atoms with E-state index in [-0.39, 0.29) is 12.2 Å². The van der Waals surface area contributed by atoms with Crippen LogP contribution in [-0.2, 0) is 6.54 Å². The van der Waals surface area contributed by atoms with Gasteiger partial charge in [-0.05, 0) is 19.1 Å². The minimum atomic E-state index is -0.673. The number of rotatable bonds is 3. The normalized spacial score (nSPS) is 11.0. The van der Waals surface area contributed by atoms with Gasteiger partial charge in [-0.1, -0.05) is 11.2 Å². The lowest BCUT2D eigenvalue weighted by molar-refractivity contribution is 0.0770. The number of imidazole rings is 1. The first-order valence-corrected chi connectivity index (χ1v) is 6.22. The van der Waals surface area contributed by atoms with Crippen molar-refractivity contribution in [3.05, 3.63) is 47.8 Å². The maximum atomic E-state index is 14.4. The zero-order valence-corrected chi connectivity index (χ0v) is 11.4. The van der Waals surface area contributed by atoms with Gasteiger partial charge in [-0.3, -0.25) is 9.20 Å². The summed E-state index contributed by atoms with van der Waals surface area (Å²) < 4.78 is 20.3. The van der Waals surface area contributed by atoms with E-state index in [0.29, 0.717) is 17.2 Å². The molecule has 21 heavy (non-hydrogen) atoms. The van der Waals surface area contributed by atoms with Crippen LogP contribution in [0.2, 0.25) is 0 Å². The van der Waals surface area contributed by atoms with Crippen LogP contribution in [0.15, 0.2) is 29.1 Å². The minimum Gasteiger partial charge on any atom is -0.343 e. The maximum absolute atomic E-state index is 14.4. The standard InChI is InChI=1S/C13H12FN5O2/c1-8-4-3-5-10-16-11(12(14)19(8)10)13(20)18(2)6-9-15-7-21-17-9/h3-5,7H,6H2,1-2H3. The number of hydrogen-bond acceptors (Lipinski definition) is 5. The third kappa shape index (κ3) is 2.24. The number of aryl methyl sites for hydroxylation is 1. The molecular weight excluding hydrogens is 277 g/mol. The zero-order chi connectivity index (χ0) is 15.0. The Bertz CT molecular complexity index is 796. The SMILES string of the molecule is Cc1cccc2nc(C(=O)N(C)Cc3ncon3)c(F)n12. The van der Waals surface area contributed by atoms with Crippen molar-refractivity contribution in [3.63, 3.8) is 0 Å². The number of halogens is 1. The summed E-state index contributed by atoms with van der Waals surface area (Å²) in [5, 5.41) is 3.61.